The number of nitrogens with one attached hydrogen (secondary N) is 1. The van der Waals surface area contributed by atoms with Gasteiger partial charge < -0.3 is 13.3 Å². The Morgan fingerprint density at radius 3 is 2.89 bits per heavy atom. The summed E-state index contributed by atoms with van der Waals surface area (Å²) in [5, 5.41) is 11.6. The molecular weight excluding hydrogens is 341 g/mol. The van der Waals surface area contributed by atoms with Gasteiger partial charge in [0.25, 0.3) is 0 Å². The lowest BCUT2D eigenvalue weighted by molar-refractivity contribution is 0.662. The van der Waals surface area contributed by atoms with Crippen LogP contribution in [0.15, 0.2) is 46.6 Å². The van der Waals surface area contributed by atoms with E-state index in [1.807, 2.05) is 50.3 Å². The van der Waals surface area contributed by atoms with Crippen molar-refractivity contribution in [2.45, 2.75) is 6.92 Å². The molecule has 0 amide bonds. The zero-order chi connectivity index (χ0) is 13.4. The van der Waals surface area contributed by atoms with Gasteiger partial charge in [-0.25, -0.2) is 0 Å². The molecule has 0 atom stereocenters. The van der Waals surface area contributed by atoms with Crippen LogP contribution in [0.2, 0.25) is 0 Å². The molecular formula is C12H20IN5. The molecule has 18 heavy (non-hydrogen) atoms. The number of likely N-dealkylation sites (N-methyl/N-ethyl adjacent to an activating group) is 1. The van der Waals surface area contributed by atoms with E-state index >= 15 is 0 Å². The Balaban J connectivity index is 2.46. The van der Waals surface area contributed by atoms with E-state index in [1.165, 1.54) is 0 Å². The van der Waals surface area contributed by atoms with Crippen molar-refractivity contribution in [2.75, 3.05) is 27.7 Å². The Morgan fingerprint density at radius 2 is 2.22 bits per heavy atom. The summed E-state index contributed by atoms with van der Waals surface area (Å²) in [5.74, 6) is 0. The van der Waals surface area contributed by atoms with Crippen LogP contribution in [0.4, 0.5) is 0 Å². The Kier molecular flexibility index (Phi) is 6.63. The van der Waals surface area contributed by atoms with Gasteiger partial charge in [0.05, 0.1) is 27.5 Å². The van der Waals surface area contributed by atoms with Gasteiger partial charge in [0, 0.05) is 39.2 Å². The normalized spacial score (nSPS) is 17.3. The topological polar surface area (TPSA) is 43.2 Å². The Labute approximate surface area is 119 Å². The van der Waals surface area contributed by atoms with E-state index in [9.17, 15) is 0 Å². The molecule has 1 aliphatic heterocycles. The minimum Gasteiger partial charge on any atom is -0.388 e. The van der Waals surface area contributed by atoms with Crippen LogP contribution in [-0.4, -0.2) is 39.5 Å². The smallest absolute Gasteiger partial charge is 0.203 e. The largest absolute Gasteiger partial charge is 0.388 e. The summed E-state index contributed by atoms with van der Waals surface area (Å²) in [4.78, 5) is 2.03. The number of halogens is 1. The summed E-state index contributed by atoms with van der Waals surface area (Å²) in [6, 6.07) is 0. The molecule has 100 valence electrons. The lowest BCUT2D eigenvalue weighted by atomic mass is 10.3. The Bertz CT molecular complexity index is 409. The average Bonchev–Trinajstić information content (AvgIpc) is 2.38. The molecule has 0 saturated carbocycles. The number of rotatable bonds is 5. The molecule has 0 unspecified atom stereocenters. The van der Waals surface area contributed by atoms with Gasteiger partial charge in [0.2, 0.25) is 3.76 Å². The van der Waals surface area contributed by atoms with Crippen LogP contribution in [0, 0.1) is 0 Å². The van der Waals surface area contributed by atoms with Crippen molar-refractivity contribution >= 4 is 24.8 Å². The predicted molar refractivity (Wildman–Crippen MR) is 85.4 cm³/mol. The zero-order valence-corrected chi connectivity index (χ0v) is 13.4. The fraction of sp³-hybridized carbons (Fsp3) is 0.417. The van der Waals surface area contributed by atoms with Gasteiger partial charge in [-0.3, -0.25) is 0 Å². The molecule has 0 saturated heterocycles. The van der Waals surface area contributed by atoms with E-state index in [2.05, 4.69) is 31.9 Å². The quantitative estimate of drug-likeness (QED) is 0.354. The fourth-order valence-electron chi connectivity index (χ4n) is 1.20. The molecule has 6 heteroatoms. The minimum atomic E-state index is -0.215. The summed E-state index contributed by atoms with van der Waals surface area (Å²) in [6.45, 7) is 2.60. The maximum Gasteiger partial charge on any atom is 0.203 e. The van der Waals surface area contributed by atoms with E-state index in [-0.39, 0.29) is 21.0 Å². The number of hydrogen-bond acceptors (Lipinski definition) is 5. The first-order valence-corrected chi connectivity index (χ1v) is 7.76. The number of azo groups is 1. The summed E-state index contributed by atoms with van der Waals surface area (Å²) >= 11 is -0.215. The maximum absolute atomic E-state index is 4.30. The van der Waals surface area contributed by atoms with E-state index in [4.69, 9.17) is 0 Å². The number of nitrogens with zero attached hydrogens (tertiary/aromatic N) is 4. The van der Waals surface area contributed by atoms with Crippen molar-refractivity contribution in [3.63, 3.8) is 0 Å². The van der Waals surface area contributed by atoms with Gasteiger partial charge >= 0.3 is 0 Å². The van der Waals surface area contributed by atoms with E-state index in [1.54, 1.807) is 0 Å². The molecule has 0 bridgehead atoms. The molecule has 1 aliphatic rings. The zero-order valence-electron chi connectivity index (χ0n) is 11.3. The fourth-order valence-corrected chi connectivity index (χ4v) is 2.93. The van der Waals surface area contributed by atoms with Gasteiger partial charge in [-0.15, -0.1) is 5.11 Å². The van der Waals surface area contributed by atoms with Crippen LogP contribution in [0.3, 0.4) is 0 Å². The second-order valence-electron chi connectivity index (χ2n) is 3.61. The highest BCUT2D eigenvalue weighted by Crippen LogP contribution is 2.16. The molecule has 0 aliphatic carbocycles. The molecule has 0 radical (unpaired) electrons. The number of hydrogen-bond donors (Lipinski definition) is 1. The third kappa shape index (κ3) is 4.99. The minimum absolute atomic E-state index is 0.215. The highest BCUT2D eigenvalue weighted by molar-refractivity contribution is 14.2. The van der Waals surface area contributed by atoms with Crippen LogP contribution >= 0.6 is 21.0 Å². The standard InChI is InChI=1S/C12H20IN5/c1-5-11(14-2)7-6-8-15-16-12-13-18(4)10-9-17(12)3/h5-7,9-10,14H,8H2,1-4H3/b7-6-,11-5+,16-15?. The van der Waals surface area contributed by atoms with E-state index < -0.39 is 0 Å². The van der Waals surface area contributed by atoms with E-state index in [0.29, 0.717) is 6.54 Å². The van der Waals surface area contributed by atoms with Crippen molar-refractivity contribution < 1.29 is 0 Å². The number of allylic oxidation sites excluding steroid dienone is 2. The summed E-state index contributed by atoms with van der Waals surface area (Å²) < 4.78 is 3.24. The van der Waals surface area contributed by atoms with Crippen LogP contribution in [0.25, 0.3) is 0 Å². The first-order chi connectivity index (χ1) is 8.67. The molecule has 0 fully saturated rings. The van der Waals surface area contributed by atoms with Crippen LogP contribution in [0.1, 0.15) is 6.92 Å². The molecule has 1 heterocycles. The lowest BCUT2D eigenvalue weighted by Gasteiger charge is -2.20. The third-order valence-corrected chi connectivity index (χ3v) is 4.72. The molecule has 1 rings (SSSR count). The summed E-state index contributed by atoms with van der Waals surface area (Å²) in [5.41, 5.74) is 1.09. The van der Waals surface area contributed by atoms with Crippen molar-refractivity contribution in [3.8, 4) is 0 Å². The molecule has 0 aromatic carbocycles. The van der Waals surface area contributed by atoms with Gasteiger partial charge in [0.15, 0.2) is 0 Å². The average molecular weight is 361 g/mol. The second-order valence-corrected chi connectivity index (χ2v) is 6.58. The molecule has 1 N–H and O–H groups in total. The van der Waals surface area contributed by atoms with Crippen LogP contribution in [0.5, 0.6) is 0 Å². The SMILES string of the molecule is C/C=C(\C=C/CN=NC1=IN(C)C=CN1C)NC. The van der Waals surface area contributed by atoms with Gasteiger partial charge in [0.1, 0.15) is 0 Å². The molecule has 5 nitrogen and oxygen atoms in total. The van der Waals surface area contributed by atoms with Gasteiger partial charge in [-0.2, -0.15) is 5.11 Å². The lowest BCUT2D eigenvalue weighted by Crippen LogP contribution is -2.21. The van der Waals surface area contributed by atoms with Crippen molar-refractivity contribution in [2.24, 2.45) is 10.2 Å². The molecule has 0 aromatic heterocycles. The predicted octanol–water partition coefficient (Wildman–Crippen LogP) is 2.44. The van der Waals surface area contributed by atoms with Crippen molar-refractivity contribution in [3.05, 3.63) is 36.3 Å². The van der Waals surface area contributed by atoms with Crippen molar-refractivity contribution in [1.82, 2.24) is 13.3 Å². The second kappa shape index (κ2) is 8.02. The Morgan fingerprint density at radius 1 is 1.44 bits per heavy atom. The van der Waals surface area contributed by atoms with Crippen LogP contribution in [-0.2, 0) is 0 Å². The maximum atomic E-state index is 4.30. The first kappa shape index (κ1) is 14.9. The van der Waals surface area contributed by atoms with E-state index in [0.717, 1.165) is 9.45 Å². The summed E-state index contributed by atoms with van der Waals surface area (Å²) in [7, 11) is 5.98. The van der Waals surface area contributed by atoms with Gasteiger partial charge in [-0.05, 0) is 13.0 Å². The highest BCUT2D eigenvalue weighted by Gasteiger charge is 2.06. The first-order valence-electron chi connectivity index (χ1n) is 5.71. The highest BCUT2D eigenvalue weighted by atomic mass is 127. The van der Waals surface area contributed by atoms with Crippen LogP contribution < -0.4 is 5.32 Å². The summed E-state index contributed by atoms with van der Waals surface area (Å²) in [6.07, 6.45) is 10.1. The molecule has 0 aromatic rings. The van der Waals surface area contributed by atoms with Crippen molar-refractivity contribution in [1.29, 1.82) is 0 Å². The molecule has 0 spiro atoms. The van der Waals surface area contributed by atoms with Gasteiger partial charge in [-0.1, -0.05) is 12.2 Å². The Hall–Kier alpha value is -1.18. The third-order valence-electron chi connectivity index (χ3n) is 2.23. The monoisotopic (exact) mass is 361 g/mol.